The molecule has 0 saturated carbocycles. The number of aryl methyl sites for hydroxylation is 1. The van der Waals surface area contributed by atoms with Gasteiger partial charge in [0.05, 0.1) is 11.4 Å². The van der Waals surface area contributed by atoms with Gasteiger partial charge in [0.15, 0.2) is 0 Å². The van der Waals surface area contributed by atoms with Crippen molar-refractivity contribution in [2.75, 3.05) is 17.3 Å². The van der Waals surface area contributed by atoms with Gasteiger partial charge < -0.3 is 10.2 Å². The number of anilines is 3. The summed E-state index contributed by atoms with van der Waals surface area (Å²) in [6, 6.07) is 20.1. The predicted octanol–water partition coefficient (Wildman–Crippen LogP) is 2.80. The van der Waals surface area contributed by atoms with Crippen molar-refractivity contribution in [3.63, 3.8) is 0 Å². The van der Waals surface area contributed by atoms with Crippen molar-refractivity contribution >= 4 is 23.0 Å². The van der Waals surface area contributed by atoms with E-state index >= 15 is 0 Å². The van der Waals surface area contributed by atoms with Crippen molar-refractivity contribution in [1.29, 1.82) is 0 Å². The molecule has 0 atom stereocenters. The van der Waals surface area contributed by atoms with Gasteiger partial charge in [-0.1, -0.05) is 30.3 Å². The third-order valence-electron chi connectivity index (χ3n) is 3.85. The van der Waals surface area contributed by atoms with Crippen LogP contribution in [0.25, 0.3) is 0 Å². The van der Waals surface area contributed by atoms with Crippen molar-refractivity contribution in [1.82, 2.24) is 9.78 Å². The molecular weight excluding hydrogens is 316 g/mol. The minimum absolute atomic E-state index is 0.180. The van der Waals surface area contributed by atoms with Crippen molar-refractivity contribution in [3.05, 3.63) is 82.8 Å². The number of hydrogen-bond acceptors (Lipinski definition) is 4. The highest BCUT2D eigenvalue weighted by Crippen LogP contribution is 2.30. The van der Waals surface area contributed by atoms with Crippen LogP contribution in [0.4, 0.5) is 17.1 Å². The molecule has 0 aliphatic heterocycles. The maximum atomic E-state index is 12.5. The standard InChI is InChI=1S/C19H18N4O2/c1-22(14-8-4-3-5-9-14)17-11-7-6-10-15(17)20-19(25)16-12-13-18(24)23(2)21-16/h3-13H,1-2H3,(H,20,25). The number of amides is 1. The van der Waals surface area contributed by atoms with Gasteiger partial charge in [-0.25, -0.2) is 4.68 Å². The van der Waals surface area contributed by atoms with Gasteiger partial charge in [0.2, 0.25) is 0 Å². The Morgan fingerprint density at radius 2 is 1.68 bits per heavy atom. The second-order valence-electron chi connectivity index (χ2n) is 5.55. The first-order chi connectivity index (χ1) is 12.1. The molecule has 1 heterocycles. The first kappa shape index (κ1) is 16.4. The van der Waals surface area contributed by atoms with Crippen LogP contribution in [0.1, 0.15) is 10.5 Å². The van der Waals surface area contributed by atoms with E-state index in [-0.39, 0.29) is 17.2 Å². The molecule has 6 heteroatoms. The second kappa shape index (κ2) is 7.00. The maximum Gasteiger partial charge on any atom is 0.276 e. The highest BCUT2D eigenvalue weighted by molar-refractivity contribution is 6.04. The van der Waals surface area contributed by atoms with Crippen LogP contribution in [0.2, 0.25) is 0 Å². The van der Waals surface area contributed by atoms with E-state index in [2.05, 4.69) is 10.4 Å². The Labute approximate surface area is 145 Å². The lowest BCUT2D eigenvalue weighted by molar-refractivity contribution is 0.102. The fourth-order valence-electron chi connectivity index (χ4n) is 2.47. The Kier molecular flexibility index (Phi) is 4.61. The third kappa shape index (κ3) is 3.58. The first-order valence-electron chi connectivity index (χ1n) is 7.80. The molecule has 6 nitrogen and oxygen atoms in total. The number of carbonyl (C=O) groups is 1. The summed E-state index contributed by atoms with van der Waals surface area (Å²) in [6.45, 7) is 0. The highest BCUT2D eigenvalue weighted by atomic mass is 16.2. The van der Waals surface area contributed by atoms with Gasteiger partial charge in [-0.15, -0.1) is 0 Å². The lowest BCUT2D eigenvalue weighted by Crippen LogP contribution is -2.24. The van der Waals surface area contributed by atoms with Crippen LogP contribution in [0.15, 0.2) is 71.5 Å². The van der Waals surface area contributed by atoms with Crippen molar-refractivity contribution in [2.45, 2.75) is 0 Å². The van der Waals surface area contributed by atoms with Gasteiger partial charge in [0.25, 0.3) is 11.5 Å². The van der Waals surface area contributed by atoms with Gasteiger partial charge in [0.1, 0.15) is 5.69 Å². The maximum absolute atomic E-state index is 12.5. The van der Waals surface area contributed by atoms with E-state index in [1.165, 1.54) is 19.2 Å². The zero-order chi connectivity index (χ0) is 17.8. The second-order valence-corrected chi connectivity index (χ2v) is 5.55. The molecule has 0 fully saturated rings. The molecule has 0 radical (unpaired) electrons. The summed E-state index contributed by atoms with van der Waals surface area (Å²) < 4.78 is 1.14. The lowest BCUT2D eigenvalue weighted by atomic mass is 10.2. The molecule has 3 aromatic rings. The molecule has 1 amide bonds. The van der Waals surface area contributed by atoms with E-state index < -0.39 is 0 Å². The summed E-state index contributed by atoms with van der Waals surface area (Å²) in [7, 11) is 3.45. The van der Waals surface area contributed by atoms with E-state index in [0.717, 1.165) is 16.1 Å². The van der Waals surface area contributed by atoms with Crippen LogP contribution in [0, 0.1) is 0 Å². The number of nitrogens with one attached hydrogen (secondary N) is 1. The Bertz CT molecular complexity index is 951. The van der Waals surface area contributed by atoms with Crippen molar-refractivity contribution < 1.29 is 4.79 Å². The largest absolute Gasteiger partial charge is 0.343 e. The molecule has 0 unspecified atom stereocenters. The quantitative estimate of drug-likeness (QED) is 0.797. The Morgan fingerprint density at radius 3 is 2.40 bits per heavy atom. The van der Waals surface area contributed by atoms with Crippen LogP contribution in [-0.2, 0) is 7.05 Å². The fraction of sp³-hybridized carbons (Fsp3) is 0.105. The van der Waals surface area contributed by atoms with Crippen LogP contribution >= 0.6 is 0 Å². The van der Waals surface area contributed by atoms with Gasteiger partial charge in [0, 0.05) is 25.8 Å². The molecule has 1 N–H and O–H groups in total. The Hall–Kier alpha value is -3.41. The third-order valence-corrected chi connectivity index (χ3v) is 3.85. The number of hydrogen-bond donors (Lipinski definition) is 1. The van der Waals surface area contributed by atoms with Crippen LogP contribution < -0.4 is 15.8 Å². The van der Waals surface area contributed by atoms with Gasteiger partial charge in [-0.2, -0.15) is 5.10 Å². The average molecular weight is 334 g/mol. The molecule has 0 bridgehead atoms. The molecule has 0 aliphatic rings. The van der Waals surface area contributed by atoms with Crippen molar-refractivity contribution in [2.24, 2.45) is 7.05 Å². The summed E-state index contributed by atoms with van der Waals surface area (Å²) in [4.78, 5) is 25.9. The van der Waals surface area contributed by atoms with E-state index in [1.54, 1.807) is 0 Å². The first-order valence-corrected chi connectivity index (χ1v) is 7.80. The SMILES string of the molecule is CN(c1ccccc1)c1ccccc1NC(=O)c1ccc(=O)n(C)n1. The number of benzene rings is 2. The van der Waals surface area contributed by atoms with Crippen LogP contribution in [-0.4, -0.2) is 22.7 Å². The molecule has 0 spiro atoms. The topological polar surface area (TPSA) is 67.2 Å². The average Bonchev–Trinajstić information content (AvgIpc) is 2.64. The number of rotatable bonds is 4. The van der Waals surface area contributed by atoms with E-state index in [0.29, 0.717) is 5.69 Å². The summed E-state index contributed by atoms with van der Waals surface area (Å²) in [5, 5.41) is 6.85. The van der Waals surface area contributed by atoms with Gasteiger partial charge in [-0.05, 0) is 30.3 Å². The van der Waals surface area contributed by atoms with Crippen LogP contribution in [0.5, 0.6) is 0 Å². The minimum Gasteiger partial charge on any atom is -0.343 e. The molecule has 126 valence electrons. The molecule has 2 aromatic carbocycles. The number of aromatic nitrogens is 2. The molecule has 1 aromatic heterocycles. The zero-order valence-corrected chi connectivity index (χ0v) is 14.0. The molecular formula is C19H18N4O2. The Balaban J connectivity index is 1.89. The summed E-state index contributed by atoms with van der Waals surface area (Å²) in [5.41, 5.74) is 2.44. The smallest absolute Gasteiger partial charge is 0.276 e. The summed E-state index contributed by atoms with van der Waals surface area (Å²) in [5.74, 6) is -0.371. The molecule has 3 rings (SSSR count). The fourth-order valence-corrected chi connectivity index (χ4v) is 2.47. The summed E-state index contributed by atoms with van der Waals surface area (Å²) in [6.07, 6.45) is 0. The van der Waals surface area contributed by atoms with E-state index in [1.807, 2.05) is 66.5 Å². The number of para-hydroxylation sites is 3. The minimum atomic E-state index is -0.371. The molecule has 25 heavy (non-hydrogen) atoms. The van der Waals surface area contributed by atoms with Crippen LogP contribution in [0.3, 0.4) is 0 Å². The van der Waals surface area contributed by atoms with E-state index in [4.69, 9.17) is 0 Å². The Morgan fingerprint density at radius 1 is 1.00 bits per heavy atom. The zero-order valence-electron chi connectivity index (χ0n) is 14.0. The van der Waals surface area contributed by atoms with Gasteiger partial charge in [-0.3, -0.25) is 9.59 Å². The van der Waals surface area contributed by atoms with Crippen molar-refractivity contribution in [3.8, 4) is 0 Å². The molecule has 0 aliphatic carbocycles. The lowest BCUT2D eigenvalue weighted by Gasteiger charge is -2.22. The van der Waals surface area contributed by atoms with Gasteiger partial charge >= 0.3 is 0 Å². The predicted molar refractivity (Wildman–Crippen MR) is 98.4 cm³/mol. The summed E-state index contributed by atoms with van der Waals surface area (Å²) >= 11 is 0. The monoisotopic (exact) mass is 334 g/mol. The number of nitrogens with zero attached hydrogens (tertiary/aromatic N) is 3. The number of carbonyl (C=O) groups excluding carboxylic acids is 1. The highest BCUT2D eigenvalue weighted by Gasteiger charge is 2.14. The normalized spacial score (nSPS) is 10.3. The van der Waals surface area contributed by atoms with E-state index in [9.17, 15) is 9.59 Å². The molecule has 0 saturated heterocycles.